The van der Waals surface area contributed by atoms with E-state index >= 15 is 0 Å². The number of nitrogens with zero attached hydrogens (tertiary/aromatic N) is 1. The summed E-state index contributed by atoms with van der Waals surface area (Å²) >= 11 is 1.55. The lowest BCUT2D eigenvalue weighted by Crippen LogP contribution is -2.26. The summed E-state index contributed by atoms with van der Waals surface area (Å²) in [4.78, 5) is 16.3. The molecule has 0 saturated carbocycles. The maximum atomic E-state index is 12.1. The molecule has 0 aliphatic rings. The van der Waals surface area contributed by atoms with E-state index in [2.05, 4.69) is 10.3 Å². The van der Waals surface area contributed by atoms with Gasteiger partial charge in [-0.2, -0.15) is 0 Å². The Morgan fingerprint density at radius 1 is 1.32 bits per heavy atom. The smallest absolute Gasteiger partial charge is 0.251 e. The normalized spacial score (nSPS) is 11.4. The molecule has 0 aliphatic carbocycles. The fourth-order valence-electron chi connectivity index (χ4n) is 2.10. The van der Waals surface area contributed by atoms with Crippen molar-refractivity contribution in [1.82, 2.24) is 10.3 Å². The summed E-state index contributed by atoms with van der Waals surface area (Å²) in [5.74, 6) is -0.0633. The molecule has 0 aliphatic heterocycles. The standard InChI is InChI=1S/C17H22N2O2S/c1-17(2,11-20)8-3-9-18-16(21)14-6-4-13(5-7-14)15-10-22-12-19-15/h4-7,10,12,20H,3,8-9,11H2,1-2H3,(H,18,21). The summed E-state index contributed by atoms with van der Waals surface area (Å²) in [5.41, 5.74) is 4.31. The minimum Gasteiger partial charge on any atom is -0.396 e. The number of hydrogen-bond donors (Lipinski definition) is 2. The Morgan fingerprint density at radius 2 is 2.05 bits per heavy atom. The number of benzene rings is 1. The fourth-order valence-corrected chi connectivity index (χ4v) is 2.66. The van der Waals surface area contributed by atoms with Crippen molar-refractivity contribution < 1.29 is 9.90 Å². The van der Waals surface area contributed by atoms with E-state index in [-0.39, 0.29) is 17.9 Å². The fraction of sp³-hybridized carbons (Fsp3) is 0.412. The number of aromatic nitrogens is 1. The van der Waals surface area contributed by atoms with Crippen LogP contribution >= 0.6 is 11.3 Å². The third kappa shape index (κ3) is 4.64. The number of amides is 1. The number of thiazole rings is 1. The lowest BCUT2D eigenvalue weighted by Gasteiger charge is -2.21. The maximum Gasteiger partial charge on any atom is 0.251 e. The molecule has 2 rings (SSSR count). The first kappa shape index (κ1) is 16.6. The van der Waals surface area contributed by atoms with Crippen molar-refractivity contribution in [3.63, 3.8) is 0 Å². The van der Waals surface area contributed by atoms with Crippen LogP contribution in [0, 0.1) is 5.41 Å². The van der Waals surface area contributed by atoms with E-state index in [1.54, 1.807) is 16.8 Å². The van der Waals surface area contributed by atoms with Crippen molar-refractivity contribution in [2.75, 3.05) is 13.2 Å². The molecule has 0 radical (unpaired) electrons. The molecular weight excluding hydrogens is 296 g/mol. The molecule has 1 aromatic heterocycles. The zero-order valence-electron chi connectivity index (χ0n) is 13.0. The number of aliphatic hydroxyl groups is 1. The van der Waals surface area contributed by atoms with Crippen molar-refractivity contribution >= 4 is 17.2 Å². The van der Waals surface area contributed by atoms with Gasteiger partial charge in [0.1, 0.15) is 0 Å². The minimum absolute atomic E-state index is 0.0633. The summed E-state index contributed by atoms with van der Waals surface area (Å²) in [5, 5.41) is 14.1. The molecule has 0 fully saturated rings. The first-order valence-electron chi connectivity index (χ1n) is 7.39. The molecule has 1 heterocycles. The molecule has 0 spiro atoms. The van der Waals surface area contributed by atoms with E-state index in [0.29, 0.717) is 12.1 Å². The molecular formula is C17H22N2O2S. The van der Waals surface area contributed by atoms with Crippen LogP contribution in [0.1, 0.15) is 37.0 Å². The molecule has 0 unspecified atom stereocenters. The highest BCUT2D eigenvalue weighted by molar-refractivity contribution is 7.07. The zero-order chi connectivity index (χ0) is 16.0. The van der Waals surface area contributed by atoms with Gasteiger partial charge >= 0.3 is 0 Å². The highest BCUT2D eigenvalue weighted by atomic mass is 32.1. The van der Waals surface area contributed by atoms with Crippen LogP contribution in [0.2, 0.25) is 0 Å². The van der Waals surface area contributed by atoms with Gasteiger partial charge in [0, 0.05) is 29.7 Å². The predicted molar refractivity (Wildman–Crippen MR) is 90.0 cm³/mol. The van der Waals surface area contributed by atoms with Crippen LogP contribution < -0.4 is 5.32 Å². The first-order chi connectivity index (χ1) is 10.5. The van der Waals surface area contributed by atoms with Crippen molar-refractivity contribution in [3.05, 3.63) is 40.7 Å². The SMILES string of the molecule is CC(C)(CO)CCCNC(=O)c1ccc(-c2cscn2)cc1. The van der Waals surface area contributed by atoms with Gasteiger partial charge in [-0.15, -0.1) is 11.3 Å². The van der Waals surface area contributed by atoms with Crippen LogP contribution in [-0.4, -0.2) is 29.1 Å². The molecule has 2 aromatic rings. The molecule has 118 valence electrons. The summed E-state index contributed by atoms with van der Waals surface area (Å²) < 4.78 is 0. The molecule has 0 atom stereocenters. The molecule has 4 nitrogen and oxygen atoms in total. The third-order valence-corrected chi connectivity index (χ3v) is 4.21. The van der Waals surface area contributed by atoms with Crippen LogP contribution in [0.3, 0.4) is 0 Å². The summed E-state index contributed by atoms with van der Waals surface area (Å²) in [7, 11) is 0. The third-order valence-electron chi connectivity index (χ3n) is 3.62. The Bertz CT molecular complexity index is 592. The maximum absolute atomic E-state index is 12.1. The van der Waals surface area contributed by atoms with Gasteiger partial charge in [-0.25, -0.2) is 4.98 Å². The Morgan fingerprint density at radius 3 is 2.64 bits per heavy atom. The number of rotatable bonds is 7. The Labute approximate surface area is 135 Å². The molecule has 22 heavy (non-hydrogen) atoms. The van der Waals surface area contributed by atoms with E-state index < -0.39 is 0 Å². The van der Waals surface area contributed by atoms with Gasteiger partial charge in [-0.1, -0.05) is 26.0 Å². The number of hydrogen-bond acceptors (Lipinski definition) is 4. The van der Waals surface area contributed by atoms with E-state index in [9.17, 15) is 9.90 Å². The molecule has 1 aromatic carbocycles. The highest BCUT2D eigenvalue weighted by Crippen LogP contribution is 2.21. The monoisotopic (exact) mass is 318 g/mol. The first-order valence-corrected chi connectivity index (χ1v) is 8.34. The number of nitrogens with one attached hydrogen (secondary N) is 1. The van der Waals surface area contributed by atoms with Crippen LogP contribution in [0.4, 0.5) is 0 Å². The van der Waals surface area contributed by atoms with Crippen molar-refractivity contribution in [1.29, 1.82) is 0 Å². The second kappa shape index (κ2) is 7.51. The van der Waals surface area contributed by atoms with Crippen LogP contribution in [0.5, 0.6) is 0 Å². The highest BCUT2D eigenvalue weighted by Gasteiger charge is 2.15. The molecule has 1 amide bonds. The second-order valence-corrected chi connectivity index (χ2v) is 6.85. The van der Waals surface area contributed by atoms with Gasteiger partial charge in [0.25, 0.3) is 5.91 Å². The molecule has 0 bridgehead atoms. The van der Waals surface area contributed by atoms with Gasteiger partial charge in [0.2, 0.25) is 0 Å². The zero-order valence-corrected chi connectivity index (χ0v) is 13.8. The number of carbonyl (C=O) groups is 1. The van der Waals surface area contributed by atoms with E-state index in [0.717, 1.165) is 24.1 Å². The molecule has 0 saturated heterocycles. The van der Waals surface area contributed by atoms with Crippen LogP contribution in [0.25, 0.3) is 11.3 Å². The van der Waals surface area contributed by atoms with Gasteiger partial charge in [0.05, 0.1) is 11.2 Å². The van der Waals surface area contributed by atoms with Crippen LogP contribution in [-0.2, 0) is 0 Å². The van der Waals surface area contributed by atoms with Gasteiger partial charge < -0.3 is 10.4 Å². The van der Waals surface area contributed by atoms with E-state index in [1.165, 1.54) is 0 Å². The average molecular weight is 318 g/mol. The largest absolute Gasteiger partial charge is 0.396 e. The Kier molecular flexibility index (Phi) is 5.69. The van der Waals surface area contributed by atoms with Crippen molar-refractivity contribution in [2.45, 2.75) is 26.7 Å². The molecule has 5 heteroatoms. The molecule has 2 N–H and O–H groups in total. The van der Waals surface area contributed by atoms with Gasteiger partial charge in [0.15, 0.2) is 0 Å². The van der Waals surface area contributed by atoms with E-state index in [4.69, 9.17) is 0 Å². The van der Waals surface area contributed by atoms with Crippen LogP contribution in [0.15, 0.2) is 35.2 Å². The lowest BCUT2D eigenvalue weighted by molar-refractivity contribution is 0.0948. The average Bonchev–Trinajstić information content (AvgIpc) is 3.06. The van der Waals surface area contributed by atoms with Crippen molar-refractivity contribution in [2.24, 2.45) is 5.41 Å². The topological polar surface area (TPSA) is 62.2 Å². The number of carbonyl (C=O) groups excluding carboxylic acids is 1. The minimum atomic E-state index is -0.0834. The van der Waals surface area contributed by atoms with Crippen molar-refractivity contribution in [3.8, 4) is 11.3 Å². The Hall–Kier alpha value is -1.72. The second-order valence-electron chi connectivity index (χ2n) is 6.13. The summed E-state index contributed by atoms with van der Waals surface area (Å²) in [6, 6.07) is 7.47. The van der Waals surface area contributed by atoms with E-state index in [1.807, 2.05) is 43.5 Å². The predicted octanol–water partition coefficient (Wildman–Crippen LogP) is 3.34. The van der Waals surface area contributed by atoms with Gasteiger partial charge in [-0.3, -0.25) is 4.79 Å². The van der Waals surface area contributed by atoms with Gasteiger partial charge in [-0.05, 0) is 30.4 Å². The Balaban J connectivity index is 1.83. The summed E-state index contributed by atoms with van der Waals surface area (Å²) in [6.45, 7) is 4.83. The number of aliphatic hydroxyl groups excluding tert-OH is 1. The lowest BCUT2D eigenvalue weighted by atomic mass is 9.89. The summed E-state index contributed by atoms with van der Waals surface area (Å²) in [6.07, 6.45) is 1.74. The quantitative estimate of drug-likeness (QED) is 0.770.